The van der Waals surface area contributed by atoms with Crippen molar-refractivity contribution in [3.8, 4) is 0 Å². The summed E-state index contributed by atoms with van der Waals surface area (Å²) in [6, 6.07) is 7.97. The van der Waals surface area contributed by atoms with Crippen LogP contribution in [-0.4, -0.2) is 93.1 Å². The van der Waals surface area contributed by atoms with Crippen molar-refractivity contribution in [2.45, 2.75) is 122 Å². The maximum atomic E-state index is 13.9. The second kappa shape index (κ2) is 12.9. The van der Waals surface area contributed by atoms with Crippen molar-refractivity contribution in [3.05, 3.63) is 35.9 Å². The van der Waals surface area contributed by atoms with E-state index in [2.05, 4.69) is 0 Å². The molecule has 46 heavy (non-hydrogen) atoms. The maximum absolute atomic E-state index is 13.9. The van der Waals surface area contributed by atoms with Crippen LogP contribution >= 0.6 is 0 Å². The second-order valence-electron chi connectivity index (χ2n) is 13.8. The van der Waals surface area contributed by atoms with Gasteiger partial charge in [-0.25, -0.2) is 4.79 Å². The summed E-state index contributed by atoms with van der Waals surface area (Å²) in [4.78, 5) is 53.3. The SMILES string of the molecule is CC[C@@H](C)C(=O)OC[C@]12[C@H](OC(=O)c3ccccc3)[C@@H](OC(=O)[C@H](C)CC)[C@@H]3[C@@H](O)[C@]1(OC3(C)C)[C@@](C)(O)C[C@H](O)[C@@H]2OC(C)=O. The van der Waals surface area contributed by atoms with Crippen LogP contribution in [0.5, 0.6) is 0 Å². The lowest BCUT2D eigenvalue weighted by Crippen LogP contribution is -2.85. The number of carbonyl (C=O) groups excluding carboxylic acids is 4. The smallest absolute Gasteiger partial charge is 0.338 e. The van der Waals surface area contributed by atoms with Crippen molar-refractivity contribution in [1.82, 2.24) is 0 Å². The Bertz CT molecular complexity index is 1310. The number of carbonyl (C=O) groups is 4. The van der Waals surface area contributed by atoms with E-state index in [1.807, 2.05) is 0 Å². The highest BCUT2D eigenvalue weighted by atomic mass is 16.6. The normalized spacial score (nSPS) is 37.3. The summed E-state index contributed by atoms with van der Waals surface area (Å²) in [6.45, 7) is 11.9. The zero-order chi connectivity index (χ0) is 34.4. The van der Waals surface area contributed by atoms with E-state index < -0.39 is 107 Å². The lowest BCUT2D eigenvalue weighted by atomic mass is 9.45. The summed E-state index contributed by atoms with van der Waals surface area (Å²) in [7, 11) is 0. The molecule has 3 N–H and O–H groups in total. The van der Waals surface area contributed by atoms with Crippen molar-refractivity contribution in [1.29, 1.82) is 0 Å². The van der Waals surface area contributed by atoms with E-state index in [1.165, 1.54) is 19.1 Å². The lowest BCUT2D eigenvalue weighted by Gasteiger charge is -2.66. The number of benzene rings is 1. The summed E-state index contributed by atoms with van der Waals surface area (Å²) in [6.07, 6.45) is -7.66. The molecular formula is C34H48O12. The zero-order valence-electron chi connectivity index (χ0n) is 27.8. The lowest BCUT2D eigenvalue weighted by molar-refractivity contribution is -0.362. The van der Waals surface area contributed by atoms with E-state index in [0.29, 0.717) is 12.8 Å². The third kappa shape index (κ3) is 5.61. The minimum absolute atomic E-state index is 0.126. The quantitative estimate of drug-likeness (QED) is 0.250. The number of hydrogen-bond acceptors (Lipinski definition) is 12. The highest BCUT2D eigenvalue weighted by Gasteiger charge is 2.87. The van der Waals surface area contributed by atoms with Gasteiger partial charge in [0.25, 0.3) is 0 Å². The number of esters is 4. The molecule has 1 spiro atoms. The molecule has 3 aliphatic rings. The molecular weight excluding hydrogens is 600 g/mol. The number of aliphatic hydroxyl groups is 3. The first kappa shape index (κ1) is 35.8. The highest BCUT2D eigenvalue weighted by molar-refractivity contribution is 5.89. The Kier molecular flexibility index (Phi) is 10.0. The molecule has 12 nitrogen and oxygen atoms in total. The van der Waals surface area contributed by atoms with Crippen LogP contribution in [0.4, 0.5) is 0 Å². The van der Waals surface area contributed by atoms with Gasteiger partial charge < -0.3 is 39.0 Å². The second-order valence-corrected chi connectivity index (χ2v) is 13.8. The van der Waals surface area contributed by atoms with Crippen molar-refractivity contribution >= 4 is 23.9 Å². The van der Waals surface area contributed by atoms with Crippen molar-refractivity contribution in [2.24, 2.45) is 23.2 Å². The van der Waals surface area contributed by atoms with Gasteiger partial charge in [0, 0.05) is 13.3 Å². The van der Waals surface area contributed by atoms with E-state index in [4.69, 9.17) is 23.7 Å². The summed E-state index contributed by atoms with van der Waals surface area (Å²) in [5, 5.41) is 36.2. The van der Waals surface area contributed by atoms with Gasteiger partial charge in [-0.2, -0.15) is 0 Å². The van der Waals surface area contributed by atoms with E-state index in [-0.39, 0.29) is 5.56 Å². The zero-order valence-corrected chi connectivity index (χ0v) is 27.8. The molecule has 1 aromatic rings. The Morgan fingerprint density at radius 2 is 1.50 bits per heavy atom. The molecule has 12 heteroatoms. The first-order valence-electron chi connectivity index (χ1n) is 16.0. The van der Waals surface area contributed by atoms with E-state index in [1.54, 1.807) is 59.7 Å². The summed E-state index contributed by atoms with van der Waals surface area (Å²) in [5.74, 6) is -5.30. The van der Waals surface area contributed by atoms with Gasteiger partial charge >= 0.3 is 23.9 Å². The van der Waals surface area contributed by atoms with Gasteiger partial charge in [-0.15, -0.1) is 0 Å². The van der Waals surface area contributed by atoms with Crippen LogP contribution in [0.1, 0.15) is 85.0 Å². The number of rotatable bonds is 10. The molecule has 2 aliphatic carbocycles. The Morgan fingerprint density at radius 1 is 0.913 bits per heavy atom. The van der Waals surface area contributed by atoms with Crippen LogP contribution < -0.4 is 0 Å². The maximum Gasteiger partial charge on any atom is 0.338 e. The van der Waals surface area contributed by atoms with Gasteiger partial charge in [-0.3, -0.25) is 14.4 Å². The van der Waals surface area contributed by atoms with Gasteiger partial charge in [-0.1, -0.05) is 45.9 Å². The van der Waals surface area contributed by atoms with Gasteiger partial charge in [-0.05, 0) is 45.7 Å². The molecule has 2 saturated carbocycles. The predicted molar refractivity (Wildman–Crippen MR) is 162 cm³/mol. The van der Waals surface area contributed by atoms with Crippen LogP contribution in [0.3, 0.4) is 0 Å². The Hall–Kier alpha value is -3.06. The number of ether oxygens (including phenoxy) is 5. The molecule has 0 radical (unpaired) electrons. The monoisotopic (exact) mass is 648 g/mol. The molecule has 256 valence electrons. The topological polar surface area (TPSA) is 175 Å². The van der Waals surface area contributed by atoms with E-state index in [9.17, 15) is 34.5 Å². The van der Waals surface area contributed by atoms with E-state index in [0.717, 1.165) is 6.92 Å². The minimum atomic E-state index is -2.20. The van der Waals surface area contributed by atoms with Crippen LogP contribution in [0.15, 0.2) is 30.3 Å². The largest absolute Gasteiger partial charge is 0.464 e. The van der Waals surface area contributed by atoms with Crippen LogP contribution in [0, 0.1) is 23.2 Å². The molecule has 11 atom stereocenters. The van der Waals surface area contributed by atoms with Gasteiger partial charge in [0.2, 0.25) is 0 Å². The van der Waals surface area contributed by atoms with Crippen molar-refractivity contribution in [3.63, 3.8) is 0 Å². The third-order valence-corrected chi connectivity index (χ3v) is 10.4. The van der Waals surface area contributed by atoms with Crippen LogP contribution in [0.2, 0.25) is 0 Å². The van der Waals surface area contributed by atoms with E-state index >= 15 is 0 Å². The fourth-order valence-electron chi connectivity index (χ4n) is 7.74. The molecule has 4 rings (SSSR count). The standard InChI is InChI=1S/C34H48O12/c1-9-18(3)28(38)42-17-33-26(43-20(5)35)22(36)16-32(8,41)34(33)25(37)23(31(6,7)46-34)24(44-29(39)19(4)10-2)27(33)45-30(40)21-14-12-11-13-15-21/h11-15,18-19,22-27,36-37,41H,9-10,16-17H2,1-8H3/t18-,19-,22+,23-,24+,25-,26+,27-,32+,33+,34+/m1/s1. The molecule has 2 bridgehead atoms. The fourth-order valence-corrected chi connectivity index (χ4v) is 7.74. The molecule has 0 amide bonds. The summed E-state index contributed by atoms with van der Waals surface area (Å²) < 4.78 is 30.8. The molecule has 1 saturated heterocycles. The molecule has 1 heterocycles. The van der Waals surface area contributed by atoms with Gasteiger partial charge in [0.05, 0.1) is 46.7 Å². The molecule has 1 aliphatic heterocycles. The Balaban J connectivity index is 2.08. The third-order valence-electron chi connectivity index (χ3n) is 10.4. The molecule has 0 aromatic heterocycles. The molecule has 0 unspecified atom stereocenters. The average molecular weight is 649 g/mol. The van der Waals surface area contributed by atoms with Gasteiger partial charge in [0.15, 0.2) is 6.10 Å². The minimum Gasteiger partial charge on any atom is -0.464 e. The van der Waals surface area contributed by atoms with Crippen LogP contribution in [0.25, 0.3) is 0 Å². The predicted octanol–water partition coefficient (Wildman–Crippen LogP) is 2.73. The first-order valence-corrected chi connectivity index (χ1v) is 16.0. The molecule has 1 aromatic carbocycles. The van der Waals surface area contributed by atoms with Crippen LogP contribution in [-0.2, 0) is 38.1 Å². The van der Waals surface area contributed by atoms with Crippen molar-refractivity contribution < 1.29 is 58.2 Å². The highest BCUT2D eigenvalue weighted by Crippen LogP contribution is 2.68. The fraction of sp³-hybridized carbons (Fsp3) is 0.706. The number of hydrogen-bond donors (Lipinski definition) is 3. The number of aliphatic hydroxyl groups excluding tert-OH is 2. The summed E-state index contributed by atoms with van der Waals surface area (Å²) >= 11 is 0. The summed E-state index contributed by atoms with van der Waals surface area (Å²) in [5.41, 5.74) is -7.68. The molecule has 3 fully saturated rings. The first-order chi connectivity index (χ1) is 21.4. The Morgan fingerprint density at radius 3 is 2.07 bits per heavy atom. The average Bonchev–Trinajstić information content (AvgIpc) is 3.18. The number of fused-ring (bicyclic) bond motifs is 1. The van der Waals surface area contributed by atoms with Crippen molar-refractivity contribution in [2.75, 3.05) is 6.61 Å². The van der Waals surface area contributed by atoms with Gasteiger partial charge in [0.1, 0.15) is 29.8 Å². The Labute approximate surface area is 269 Å².